The highest BCUT2D eigenvalue weighted by atomic mass is 35.5. The maximum Gasteiger partial charge on any atom is 0.254 e. The van der Waals surface area contributed by atoms with E-state index in [2.05, 4.69) is 24.1 Å². The number of nitrogens with one attached hydrogen (secondary N) is 1. The van der Waals surface area contributed by atoms with Gasteiger partial charge in [-0.3, -0.25) is 9.78 Å². The van der Waals surface area contributed by atoms with Crippen molar-refractivity contribution in [3.63, 3.8) is 0 Å². The molecule has 104 valence electrons. The Kier molecular flexibility index (Phi) is 4.14. The van der Waals surface area contributed by atoms with Gasteiger partial charge in [-0.1, -0.05) is 31.9 Å². The highest BCUT2D eigenvalue weighted by Gasteiger charge is 2.29. The maximum absolute atomic E-state index is 12.2. The molecule has 0 aromatic carbocycles. The van der Waals surface area contributed by atoms with Crippen LogP contribution in [0.4, 0.5) is 0 Å². The van der Waals surface area contributed by atoms with Gasteiger partial charge in [0, 0.05) is 17.9 Å². The Hall–Kier alpha value is -1.09. The number of aryl methyl sites for hydroxylation is 1. The van der Waals surface area contributed by atoms with Crippen molar-refractivity contribution in [2.75, 3.05) is 0 Å². The summed E-state index contributed by atoms with van der Waals surface area (Å²) in [5, 5.41) is 3.56. The van der Waals surface area contributed by atoms with E-state index in [1.807, 2.05) is 6.92 Å². The summed E-state index contributed by atoms with van der Waals surface area (Å²) in [6, 6.07) is 1.97. The summed E-state index contributed by atoms with van der Waals surface area (Å²) in [6.07, 6.45) is 6.02. The Morgan fingerprint density at radius 1 is 1.53 bits per heavy atom. The van der Waals surface area contributed by atoms with E-state index in [0.29, 0.717) is 16.0 Å². The summed E-state index contributed by atoms with van der Waals surface area (Å²) in [5.41, 5.74) is 1.60. The van der Waals surface area contributed by atoms with E-state index in [-0.39, 0.29) is 11.9 Å². The van der Waals surface area contributed by atoms with Crippen LogP contribution >= 0.6 is 11.6 Å². The van der Waals surface area contributed by atoms with Gasteiger partial charge in [0.05, 0.1) is 10.6 Å². The van der Waals surface area contributed by atoms with Gasteiger partial charge in [0.1, 0.15) is 0 Å². The average molecular weight is 281 g/mol. The van der Waals surface area contributed by atoms with Crippen molar-refractivity contribution in [1.29, 1.82) is 0 Å². The zero-order chi connectivity index (χ0) is 14.0. The van der Waals surface area contributed by atoms with E-state index >= 15 is 0 Å². The summed E-state index contributed by atoms with van der Waals surface area (Å²) in [7, 11) is 0. The standard InChI is InChI=1S/C15H21ClN2O/c1-10-7-13(16)12(9-17-10)14(19)18-11-5-4-6-15(2,3)8-11/h7,9,11H,4-6,8H2,1-3H3,(H,18,19). The van der Waals surface area contributed by atoms with E-state index in [4.69, 9.17) is 11.6 Å². The van der Waals surface area contributed by atoms with E-state index < -0.39 is 0 Å². The van der Waals surface area contributed by atoms with Crippen LogP contribution in [0.3, 0.4) is 0 Å². The van der Waals surface area contributed by atoms with Crippen LogP contribution in [-0.2, 0) is 0 Å². The molecule has 1 atom stereocenters. The minimum Gasteiger partial charge on any atom is -0.349 e. The summed E-state index contributed by atoms with van der Waals surface area (Å²) >= 11 is 6.10. The van der Waals surface area contributed by atoms with Gasteiger partial charge in [-0.2, -0.15) is 0 Å². The molecule has 1 heterocycles. The zero-order valence-electron chi connectivity index (χ0n) is 11.8. The van der Waals surface area contributed by atoms with Crippen molar-refractivity contribution in [2.24, 2.45) is 5.41 Å². The minimum atomic E-state index is -0.111. The number of pyridine rings is 1. The highest BCUT2D eigenvalue weighted by molar-refractivity contribution is 6.33. The molecule has 1 N–H and O–H groups in total. The lowest BCUT2D eigenvalue weighted by atomic mass is 9.75. The van der Waals surface area contributed by atoms with Gasteiger partial charge < -0.3 is 5.32 Å². The molecule has 0 radical (unpaired) electrons. The van der Waals surface area contributed by atoms with Crippen LogP contribution in [0.15, 0.2) is 12.3 Å². The Balaban J connectivity index is 2.04. The molecule has 1 aliphatic rings. The molecule has 1 fully saturated rings. The Morgan fingerprint density at radius 3 is 2.89 bits per heavy atom. The molecule has 0 aliphatic heterocycles. The molecule has 4 heteroatoms. The van der Waals surface area contributed by atoms with Crippen molar-refractivity contribution in [3.8, 4) is 0 Å². The van der Waals surface area contributed by atoms with Gasteiger partial charge in [0.2, 0.25) is 0 Å². The zero-order valence-corrected chi connectivity index (χ0v) is 12.5. The van der Waals surface area contributed by atoms with E-state index in [0.717, 1.165) is 25.0 Å². The number of rotatable bonds is 2. The minimum absolute atomic E-state index is 0.111. The molecular weight excluding hydrogens is 260 g/mol. The SMILES string of the molecule is Cc1cc(Cl)c(C(=O)NC2CCCC(C)(C)C2)cn1. The Morgan fingerprint density at radius 2 is 2.26 bits per heavy atom. The molecule has 3 nitrogen and oxygen atoms in total. The fourth-order valence-corrected chi connectivity index (χ4v) is 3.07. The predicted molar refractivity (Wildman–Crippen MR) is 77.5 cm³/mol. The molecule has 2 rings (SSSR count). The maximum atomic E-state index is 12.2. The quantitative estimate of drug-likeness (QED) is 0.897. The molecule has 1 aromatic rings. The molecular formula is C15H21ClN2O. The monoisotopic (exact) mass is 280 g/mol. The fourth-order valence-electron chi connectivity index (χ4n) is 2.78. The highest BCUT2D eigenvalue weighted by Crippen LogP contribution is 2.35. The first-order chi connectivity index (χ1) is 8.87. The summed E-state index contributed by atoms with van der Waals surface area (Å²) in [4.78, 5) is 16.4. The first-order valence-corrected chi connectivity index (χ1v) is 7.18. The number of carbonyl (C=O) groups is 1. The molecule has 1 amide bonds. The predicted octanol–water partition coefficient (Wildman–Crippen LogP) is 3.74. The van der Waals surface area contributed by atoms with Gasteiger partial charge in [-0.15, -0.1) is 0 Å². The van der Waals surface area contributed by atoms with Crippen LogP contribution in [0.25, 0.3) is 0 Å². The topological polar surface area (TPSA) is 42.0 Å². The number of halogens is 1. The second-order valence-corrected chi connectivity index (χ2v) is 6.64. The molecule has 19 heavy (non-hydrogen) atoms. The first-order valence-electron chi connectivity index (χ1n) is 6.80. The lowest BCUT2D eigenvalue weighted by molar-refractivity contribution is 0.0902. The number of aromatic nitrogens is 1. The van der Waals surface area contributed by atoms with Crippen LogP contribution in [0, 0.1) is 12.3 Å². The summed E-state index contributed by atoms with van der Waals surface area (Å²) in [5.74, 6) is -0.111. The van der Waals surface area contributed by atoms with Crippen LogP contribution < -0.4 is 5.32 Å². The molecule has 0 spiro atoms. The second-order valence-electron chi connectivity index (χ2n) is 6.24. The third-order valence-electron chi connectivity index (χ3n) is 3.78. The first kappa shape index (κ1) is 14.3. The molecule has 0 bridgehead atoms. The molecule has 1 aromatic heterocycles. The lowest BCUT2D eigenvalue weighted by Gasteiger charge is -2.35. The van der Waals surface area contributed by atoms with Gasteiger partial charge in [0.15, 0.2) is 0 Å². The summed E-state index contributed by atoms with van der Waals surface area (Å²) in [6.45, 7) is 6.37. The van der Waals surface area contributed by atoms with Crippen LogP contribution in [0.5, 0.6) is 0 Å². The number of amides is 1. The average Bonchev–Trinajstić information content (AvgIpc) is 2.27. The lowest BCUT2D eigenvalue weighted by Crippen LogP contribution is -2.40. The normalized spacial score (nSPS) is 22.0. The van der Waals surface area contributed by atoms with Crippen molar-refractivity contribution in [1.82, 2.24) is 10.3 Å². The van der Waals surface area contributed by atoms with Gasteiger partial charge in [-0.05, 0) is 37.7 Å². The number of nitrogens with zero attached hydrogens (tertiary/aromatic N) is 1. The van der Waals surface area contributed by atoms with Crippen molar-refractivity contribution < 1.29 is 4.79 Å². The fraction of sp³-hybridized carbons (Fsp3) is 0.600. The van der Waals surface area contributed by atoms with Gasteiger partial charge in [0.25, 0.3) is 5.91 Å². The smallest absolute Gasteiger partial charge is 0.254 e. The molecule has 1 saturated carbocycles. The van der Waals surface area contributed by atoms with Crippen LogP contribution in [-0.4, -0.2) is 16.9 Å². The van der Waals surface area contributed by atoms with Gasteiger partial charge >= 0.3 is 0 Å². The Bertz CT molecular complexity index is 485. The van der Waals surface area contributed by atoms with Crippen LogP contribution in [0.2, 0.25) is 5.02 Å². The third-order valence-corrected chi connectivity index (χ3v) is 4.09. The largest absolute Gasteiger partial charge is 0.349 e. The number of hydrogen-bond donors (Lipinski definition) is 1. The van der Waals surface area contributed by atoms with E-state index in [1.54, 1.807) is 12.3 Å². The number of hydrogen-bond acceptors (Lipinski definition) is 2. The third kappa shape index (κ3) is 3.69. The van der Waals surface area contributed by atoms with E-state index in [1.165, 1.54) is 6.42 Å². The second kappa shape index (κ2) is 5.49. The van der Waals surface area contributed by atoms with Crippen LogP contribution in [0.1, 0.15) is 55.6 Å². The molecule has 0 saturated heterocycles. The van der Waals surface area contributed by atoms with E-state index in [9.17, 15) is 4.79 Å². The molecule has 1 unspecified atom stereocenters. The summed E-state index contributed by atoms with van der Waals surface area (Å²) < 4.78 is 0. The molecule has 1 aliphatic carbocycles. The van der Waals surface area contributed by atoms with Gasteiger partial charge in [-0.25, -0.2) is 0 Å². The Labute approximate surface area is 119 Å². The van der Waals surface area contributed by atoms with Crippen molar-refractivity contribution in [3.05, 3.63) is 28.5 Å². The van der Waals surface area contributed by atoms with Crippen molar-refractivity contribution in [2.45, 2.75) is 52.5 Å². The van der Waals surface area contributed by atoms with Crippen molar-refractivity contribution >= 4 is 17.5 Å². The number of carbonyl (C=O) groups excluding carboxylic acids is 1.